The van der Waals surface area contributed by atoms with Crippen molar-refractivity contribution in [3.63, 3.8) is 0 Å². The third kappa shape index (κ3) is 3.49. The SMILES string of the molecule is CC(C)C(OS(=O)(=O)C(F)(F)F)(C1C=CC=CC1)N(C)C. The second kappa shape index (κ2) is 6.10. The van der Waals surface area contributed by atoms with E-state index in [2.05, 4.69) is 0 Å². The maximum Gasteiger partial charge on any atom is 0.523 e. The van der Waals surface area contributed by atoms with Gasteiger partial charge in [0.05, 0.1) is 0 Å². The van der Waals surface area contributed by atoms with Crippen LogP contribution in [0.25, 0.3) is 0 Å². The molecule has 0 aromatic heterocycles. The molecule has 0 saturated carbocycles. The first-order chi connectivity index (χ1) is 9.45. The molecule has 2 atom stereocenters. The van der Waals surface area contributed by atoms with Crippen LogP contribution in [0.3, 0.4) is 0 Å². The molecule has 0 bridgehead atoms. The van der Waals surface area contributed by atoms with Crippen LogP contribution in [0.4, 0.5) is 13.2 Å². The van der Waals surface area contributed by atoms with Crippen molar-refractivity contribution in [3.8, 4) is 0 Å². The number of rotatable bonds is 5. The Kier molecular flexibility index (Phi) is 5.28. The van der Waals surface area contributed by atoms with E-state index in [0.717, 1.165) is 0 Å². The fourth-order valence-electron chi connectivity index (χ4n) is 2.62. The quantitative estimate of drug-likeness (QED) is 0.442. The lowest BCUT2D eigenvalue weighted by Gasteiger charge is -2.46. The third-order valence-electron chi connectivity index (χ3n) is 3.56. The van der Waals surface area contributed by atoms with Crippen molar-refractivity contribution in [1.29, 1.82) is 0 Å². The van der Waals surface area contributed by atoms with E-state index in [4.69, 9.17) is 4.18 Å². The molecule has 0 aliphatic heterocycles. The van der Waals surface area contributed by atoms with Crippen molar-refractivity contribution in [2.75, 3.05) is 14.1 Å². The van der Waals surface area contributed by atoms with Gasteiger partial charge < -0.3 is 0 Å². The predicted molar refractivity (Wildman–Crippen MR) is 73.7 cm³/mol. The molecule has 0 aromatic carbocycles. The van der Waals surface area contributed by atoms with Crippen LogP contribution in [0.2, 0.25) is 0 Å². The Morgan fingerprint density at radius 1 is 1.24 bits per heavy atom. The minimum absolute atomic E-state index is 0.403. The molecular weight excluding hydrogens is 307 g/mol. The summed E-state index contributed by atoms with van der Waals surface area (Å²) in [5, 5.41) is 0. The van der Waals surface area contributed by atoms with Gasteiger partial charge in [0.2, 0.25) is 0 Å². The Morgan fingerprint density at radius 2 is 1.81 bits per heavy atom. The van der Waals surface area contributed by atoms with Crippen molar-refractivity contribution >= 4 is 10.1 Å². The maximum absolute atomic E-state index is 12.7. The molecule has 0 heterocycles. The van der Waals surface area contributed by atoms with Crippen molar-refractivity contribution in [3.05, 3.63) is 24.3 Å². The Labute approximate surface area is 123 Å². The van der Waals surface area contributed by atoms with Crippen LogP contribution in [0, 0.1) is 11.8 Å². The summed E-state index contributed by atoms with van der Waals surface area (Å²) in [5.74, 6) is -0.986. The van der Waals surface area contributed by atoms with Gasteiger partial charge in [-0.25, -0.2) is 4.18 Å². The molecule has 0 amide bonds. The van der Waals surface area contributed by atoms with Gasteiger partial charge in [0.15, 0.2) is 0 Å². The molecule has 0 spiro atoms. The van der Waals surface area contributed by atoms with Crippen LogP contribution in [0.15, 0.2) is 24.3 Å². The Bertz CT molecular complexity index is 513. The van der Waals surface area contributed by atoms with Crippen molar-refractivity contribution in [1.82, 2.24) is 4.90 Å². The van der Waals surface area contributed by atoms with Crippen molar-refractivity contribution < 1.29 is 25.8 Å². The summed E-state index contributed by atoms with van der Waals surface area (Å²) in [6, 6.07) is 0. The smallest absolute Gasteiger partial charge is 0.280 e. The van der Waals surface area contributed by atoms with Crippen LogP contribution in [0.5, 0.6) is 0 Å². The van der Waals surface area contributed by atoms with E-state index in [1.165, 1.54) is 19.0 Å². The van der Waals surface area contributed by atoms with Gasteiger partial charge in [-0.2, -0.15) is 21.6 Å². The van der Waals surface area contributed by atoms with Crippen LogP contribution in [-0.2, 0) is 14.3 Å². The van der Waals surface area contributed by atoms with E-state index in [9.17, 15) is 21.6 Å². The molecule has 0 radical (unpaired) electrons. The van der Waals surface area contributed by atoms with E-state index in [1.54, 1.807) is 38.2 Å². The minimum Gasteiger partial charge on any atom is -0.280 e. The second-order valence-corrected chi connectivity index (χ2v) is 6.98. The number of allylic oxidation sites excluding steroid dienone is 3. The number of halogens is 3. The molecule has 1 rings (SSSR count). The molecule has 2 unspecified atom stereocenters. The average Bonchev–Trinajstić information content (AvgIpc) is 2.34. The molecule has 0 fully saturated rings. The predicted octanol–water partition coefficient (Wildman–Crippen LogP) is 2.90. The molecule has 1 aliphatic rings. The first-order valence-corrected chi connectivity index (χ1v) is 7.88. The van der Waals surface area contributed by atoms with Gasteiger partial charge in [0.1, 0.15) is 5.72 Å². The van der Waals surface area contributed by atoms with Gasteiger partial charge in [0.25, 0.3) is 0 Å². The topological polar surface area (TPSA) is 46.6 Å². The van der Waals surface area contributed by atoms with E-state index >= 15 is 0 Å². The van der Waals surface area contributed by atoms with Gasteiger partial charge >= 0.3 is 15.6 Å². The molecule has 21 heavy (non-hydrogen) atoms. The van der Waals surface area contributed by atoms with Gasteiger partial charge in [-0.3, -0.25) is 4.90 Å². The van der Waals surface area contributed by atoms with Gasteiger partial charge in [-0.15, -0.1) is 0 Å². The van der Waals surface area contributed by atoms with Crippen molar-refractivity contribution in [2.24, 2.45) is 11.8 Å². The molecule has 122 valence electrons. The summed E-state index contributed by atoms with van der Waals surface area (Å²) in [4.78, 5) is 1.40. The van der Waals surface area contributed by atoms with E-state index in [0.29, 0.717) is 6.42 Å². The van der Waals surface area contributed by atoms with Gasteiger partial charge in [-0.05, 0) is 26.4 Å². The Balaban J connectivity index is 3.32. The zero-order valence-electron chi connectivity index (χ0n) is 12.4. The van der Waals surface area contributed by atoms with Gasteiger partial charge in [0, 0.05) is 5.92 Å². The van der Waals surface area contributed by atoms with E-state index < -0.39 is 33.2 Å². The van der Waals surface area contributed by atoms with Crippen molar-refractivity contribution in [2.45, 2.75) is 31.5 Å². The fourth-order valence-corrected chi connectivity index (χ4v) is 3.53. The molecule has 8 heteroatoms. The molecule has 1 aliphatic carbocycles. The monoisotopic (exact) mass is 327 g/mol. The summed E-state index contributed by atoms with van der Waals surface area (Å²) in [6.45, 7) is 3.27. The van der Waals surface area contributed by atoms with E-state index in [1.807, 2.05) is 0 Å². The third-order valence-corrected chi connectivity index (χ3v) is 4.62. The summed E-state index contributed by atoms with van der Waals surface area (Å²) in [5.41, 5.74) is -7.05. The van der Waals surface area contributed by atoms with Crippen LogP contribution in [-0.4, -0.2) is 38.6 Å². The van der Waals surface area contributed by atoms with Crippen LogP contribution in [0.1, 0.15) is 20.3 Å². The number of alkyl halides is 3. The number of hydrogen-bond acceptors (Lipinski definition) is 4. The molecule has 0 aromatic rings. The highest BCUT2D eigenvalue weighted by Crippen LogP contribution is 2.41. The van der Waals surface area contributed by atoms with Gasteiger partial charge in [-0.1, -0.05) is 38.2 Å². The Morgan fingerprint density at radius 3 is 2.14 bits per heavy atom. The summed E-state index contributed by atoms with van der Waals surface area (Å²) in [7, 11) is -2.67. The summed E-state index contributed by atoms with van der Waals surface area (Å²) in [6.07, 6.45) is 7.29. The normalized spacial score (nSPS) is 22.8. The molecule has 0 saturated heterocycles. The summed E-state index contributed by atoms with van der Waals surface area (Å²) >= 11 is 0. The second-order valence-electron chi connectivity index (χ2n) is 5.44. The lowest BCUT2D eigenvalue weighted by Crippen LogP contribution is -2.58. The molecular formula is C13H20F3NO3S. The zero-order chi connectivity index (χ0) is 16.5. The Hall–Kier alpha value is -0.860. The van der Waals surface area contributed by atoms with Crippen LogP contribution < -0.4 is 0 Å². The maximum atomic E-state index is 12.7. The highest BCUT2D eigenvalue weighted by Gasteiger charge is 2.55. The molecule has 4 nitrogen and oxygen atoms in total. The fraction of sp³-hybridized carbons (Fsp3) is 0.692. The first-order valence-electron chi connectivity index (χ1n) is 6.48. The summed E-state index contributed by atoms with van der Waals surface area (Å²) < 4.78 is 65.8. The standard InChI is InChI=1S/C13H20F3NO3S/c1-10(2)12(17(3)4,11-8-6-5-7-9-11)20-21(18,19)13(14,15)16/h5-8,10-11H,9H2,1-4H3. The van der Waals surface area contributed by atoms with E-state index in [-0.39, 0.29) is 0 Å². The number of nitrogens with zero attached hydrogens (tertiary/aromatic N) is 1. The highest BCUT2D eigenvalue weighted by molar-refractivity contribution is 7.87. The first kappa shape index (κ1) is 18.2. The lowest BCUT2D eigenvalue weighted by atomic mass is 9.81. The highest BCUT2D eigenvalue weighted by atomic mass is 32.2. The average molecular weight is 327 g/mol. The minimum atomic E-state index is -5.69. The zero-order valence-corrected chi connectivity index (χ0v) is 13.2. The molecule has 0 N–H and O–H groups in total. The lowest BCUT2D eigenvalue weighted by molar-refractivity contribution is -0.139. The number of hydrogen-bond donors (Lipinski definition) is 0. The van der Waals surface area contributed by atoms with Crippen LogP contribution >= 0.6 is 0 Å². The largest absolute Gasteiger partial charge is 0.523 e.